The first-order chi connectivity index (χ1) is 5.65. The molecule has 0 aliphatic rings. The second-order valence-corrected chi connectivity index (χ2v) is 2.05. The van der Waals surface area contributed by atoms with Gasteiger partial charge in [0.05, 0.1) is 7.11 Å². The van der Waals surface area contributed by atoms with Gasteiger partial charge in [0.15, 0.2) is 11.9 Å². The van der Waals surface area contributed by atoms with Crippen molar-refractivity contribution in [3.63, 3.8) is 0 Å². The highest BCUT2D eigenvalue weighted by Crippen LogP contribution is 2.21. The maximum atomic E-state index is 10.2. The number of methoxy groups -OCH3 is 1. The third kappa shape index (κ3) is 1.42. The van der Waals surface area contributed by atoms with Crippen LogP contribution in [0.1, 0.15) is 0 Å². The molecule has 1 aromatic rings. The maximum absolute atomic E-state index is 10.2. The number of nitrogens with two attached hydrogens (primary N) is 1. The highest BCUT2D eigenvalue weighted by Gasteiger charge is 2.13. The molecule has 0 aliphatic heterocycles. The van der Waals surface area contributed by atoms with Crippen LogP contribution in [-0.4, -0.2) is 17.0 Å². The molecule has 0 spiro atoms. The van der Waals surface area contributed by atoms with E-state index in [4.69, 9.17) is 10.5 Å². The van der Waals surface area contributed by atoms with Gasteiger partial charge in [0, 0.05) is 6.07 Å². The molecule has 1 heterocycles. The third-order valence-electron chi connectivity index (χ3n) is 1.28. The van der Waals surface area contributed by atoms with Gasteiger partial charge < -0.3 is 20.6 Å². The highest BCUT2D eigenvalue weighted by molar-refractivity contribution is 5.55. The van der Waals surface area contributed by atoms with Crippen LogP contribution in [0.3, 0.4) is 0 Å². The monoisotopic (exact) mass is 169 g/mol. The third-order valence-corrected chi connectivity index (χ3v) is 1.28. The summed E-state index contributed by atoms with van der Waals surface area (Å²) in [5.41, 5.74) is 5.31. The van der Waals surface area contributed by atoms with E-state index in [-0.39, 0.29) is 11.5 Å². The summed E-state index contributed by atoms with van der Waals surface area (Å²) in [6.45, 7) is 0. The van der Waals surface area contributed by atoms with E-state index in [1.165, 1.54) is 19.4 Å². The molecule has 12 heavy (non-hydrogen) atoms. The van der Waals surface area contributed by atoms with Gasteiger partial charge in [-0.05, 0) is 9.91 Å². The molecule has 0 atom stereocenters. The predicted octanol–water partition coefficient (Wildman–Crippen LogP) is 0.581. The van der Waals surface area contributed by atoms with Gasteiger partial charge in [0.2, 0.25) is 0 Å². The Hall–Kier alpha value is -1.85. The number of hydrogen-bond acceptors (Lipinski definition) is 5. The Bertz CT molecular complexity index is 313. The van der Waals surface area contributed by atoms with E-state index in [1.807, 2.05) is 0 Å². The second-order valence-electron chi connectivity index (χ2n) is 2.05. The smallest absolute Gasteiger partial charge is 0.386 e. The van der Waals surface area contributed by atoms with E-state index < -0.39 is 4.92 Å². The first kappa shape index (κ1) is 8.25. The Labute approximate surface area is 68.1 Å². The van der Waals surface area contributed by atoms with E-state index in [2.05, 4.69) is 4.98 Å². The summed E-state index contributed by atoms with van der Waals surface area (Å²) in [5.74, 6) is 0.0499. The molecular weight excluding hydrogens is 162 g/mol. The van der Waals surface area contributed by atoms with Crippen LogP contribution in [0.25, 0.3) is 0 Å². The number of hydrogen-bond donors (Lipinski definition) is 1. The first-order valence-electron chi connectivity index (χ1n) is 3.09. The summed E-state index contributed by atoms with van der Waals surface area (Å²) in [7, 11) is 1.43. The van der Waals surface area contributed by atoms with Crippen molar-refractivity contribution in [3.8, 4) is 5.75 Å². The summed E-state index contributed by atoms with van der Waals surface area (Å²) in [4.78, 5) is 13.1. The lowest BCUT2D eigenvalue weighted by atomic mass is 10.4. The van der Waals surface area contributed by atoms with Gasteiger partial charge in [-0.3, -0.25) is 0 Å². The number of nitro groups is 1. The summed E-state index contributed by atoms with van der Waals surface area (Å²) in [6.07, 6.45) is 1.24. The van der Waals surface area contributed by atoms with Crippen LogP contribution >= 0.6 is 0 Å². The molecule has 0 unspecified atom stereocenters. The van der Waals surface area contributed by atoms with Crippen molar-refractivity contribution in [1.29, 1.82) is 0 Å². The van der Waals surface area contributed by atoms with E-state index in [1.54, 1.807) is 0 Å². The zero-order chi connectivity index (χ0) is 9.14. The van der Waals surface area contributed by atoms with Gasteiger partial charge in [-0.2, -0.15) is 0 Å². The Kier molecular flexibility index (Phi) is 2.09. The van der Waals surface area contributed by atoms with Gasteiger partial charge in [0.25, 0.3) is 0 Å². The molecule has 0 saturated heterocycles. The number of aromatic nitrogens is 1. The fourth-order valence-corrected chi connectivity index (χ4v) is 0.719. The standard InChI is InChI=1S/C6H7N3O3/c1-12-4-2-5(7)6(8-3-4)9(10)11/h2-3H,7H2,1H3. The lowest BCUT2D eigenvalue weighted by Crippen LogP contribution is -1.98. The SMILES string of the molecule is COc1cnc([N+](=O)[O-])c(N)c1. The summed E-state index contributed by atoms with van der Waals surface area (Å²) in [5, 5.41) is 10.2. The average Bonchev–Trinajstić information content (AvgIpc) is 2.03. The predicted molar refractivity (Wildman–Crippen MR) is 41.9 cm³/mol. The minimum atomic E-state index is -0.644. The van der Waals surface area contributed by atoms with Crippen LogP contribution in [-0.2, 0) is 0 Å². The molecule has 0 amide bonds. The van der Waals surface area contributed by atoms with E-state index in [9.17, 15) is 10.1 Å². The topological polar surface area (TPSA) is 91.3 Å². The van der Waals surface area contributed by atoms with Crippen molar-refractivity contribution in [2.24, 2.45) is 0 Å². The molecule has 0 fully saturated rings. The fourth-order valence-electron chi connectivity index (χ4n) is 0.719. The molecule has 2 N–H and O–H groups in total. The van der Waals surface area contributed by atoms with Gasteiger partial charge in [-0.15, -0.1) is 0 Å². The van der Waals surface area contributed by atoms with Gasteiger partial charge >= 0.3 is 5.82 Å². The van der Waals surface area contributed by atoms with E-state index in [0.29, 0.717) is 5.75 Å². The zero-order valence-electron chi connectivity index (χ0n) is 6.35. The molecule has 0 aliphatic carbocycles. The van der Waals surface area contributed by atoms with Gasteiger partial charge in [-0.25, -0.2) is 0 Å². The first-order valence-corrected chi connectivity index (χ1v) is 3.09. The van der Waals surface area contributed by atoms with E-state index in [0.717, 1.165) is 0 Å². The summed E-state index contributed by atoms with van der Waals surface area (Å²) >= 11 is 0. The van der Waals surface area contributed by atoms with Crippen molar-refractivity contribution in [2.45, 2.75) is 0 Å². The van der Waals surface area contributed by atoms with Crippen LogP contribution < -0.4 is 10.5 Å². The molecule has 0 aromatic carbocycles. The minimum Gasteiger partial charge on any atom is -0.493 e. The molecule has 0 bridgehead atoms. The molecule has 6 heteroatoms. The Morgan fingerprint density at radius 2 is 2.42 bits per heavy atom. The quantitative estimate of drug-likeness (QED) is 0.516. The molecular formula is C6H7N3O3. The average molecular weight is 169 g/mol. The van der Waals surface area contributed by atoms with Crippen molar-refractivity contribution < 1.29 is 9.66 Å². The van der Waals surface area contributed by atoms with Crippen molar-refractivity contribution in [1.82, 2.24) is 4.98 Å². The van der Waals surface area contributed by atoms with Crippen LogP contribution in [0.15, 0.2) is 12.3 Å². The number of rotatable bonds is 2. The number of nitrogens with zero attached hydrogens (tertiary/aromatic N) is 2. The highest BCUT2D eigenvalue weighted by atomic mass is 16.6. The Morgan fingerprint density at radius 1 is 1.75 bits per heavy atom. The summed E-state index contributed by atoms with van der Waals surface area (Å²) < 4.78 is 4.76. The van der Waals surface area contributed by atoms with E-state index >= 15 is 0 Å². The largest absolute Gasteiger partial charge is 0.493 e. The normalized spacial score (nSPS) is 9.42. The van der Waals surface area contributed by atoms with Crippen LogP contribution in [0.5, 0.6) is 5.75 Å². The zero-order valence-corrected chi connectivity index (χ0v) is 6.35. The molecule has 0 saturated carbocycles. The van der Waals surface area contributed by atoms with Crippen molar-refractivity contribution in [2.75, 3.05) is 12.8 Å². The van der Waals surface area contributed by atoms with Crippen molar-refractivity contribution in [3.05, 3.63) is 22.4 Å². The minimum absolute atomic E-state index is 0.000602. The van der Waals surface area contributed by atoms with Gasteiger partial charge in [0.1, 0.15) is 5.69 Å². The number of pyridine rings is 1. The van der Waals surface area contributed by atoms with Crippen LogP contribution in [0.2, 0.25) is 0 Å². The molecule has 1 rings (SSSR count). The van der Waals surface area contributed by atoms with Crippen molar-refractivity contribution >= 4 is 11.5 Å². The van der Waals surface area contributed by atoms with Crippen LogP contribution in [0.4, 0.5) is 11.5 Å². The second kappa shape index (κ2) is 3.04. The number of ether oxygens (including phenoxy) is 1. The Morgan fingerprint density at radius 3 is 2.83 bits per heavy atom. The lowest BCUT2D eigenvalue weighted by Gasteiger charge is -1.98. The Balaban J connectivity index is 3.12. The van der Waals surface area contributed by atoms with Crippen LogP contribution in [0, 0.1) is 10.1 Å². The maximum Gasteiger partial charge on any atom is 0.386 e. The molecule has 64 valence electrons. The number of nitrogen functional groups attached to an aromatic ring is 1. The number of anilines is 1. The lowest BCUT2D eigenvalue weighted by molar-refractivity contribution is -0.388. The summed E-state index contributed by atoms with van der Waals surface area (Å²) in [6, 6.07) is 1.35. The molecule has 0 radical (unpaired) electrons. The molecule has 6 nitrogen and oxygen atoms in total. The molecule has 1 aromatic heterocycles. The van der Waals surface area contributed by atoms with Gasteiger partial charge in [-0.1, -0.05) is 0 Å². The fraction of sp³-hybridized carbons (Fsp3) is 0.167.